The number of piperidine rings is 1. The lowest BCUT2D eigenvalue weighted by Crippen LogP contribution is -2.46. The quantitative estimate of drug-likeness (QED) is 0.898. The Balaban J connectivity index is 1.79. The molecule has 0 spiro atoms. The van der Waals surface area contributed by atoms with E-state index in [1.54, 1.807) is 4.90 Å². The minimum absolute atomic E-state index is 0.306. The van der Waals surface area contributed by atoms with Crippen LogP contribution in [0.3, 0.4) is 0 Å². The fourth-order valence-corrected chi connectivity index (χ4v) is 2.63. The highest BCUT2D eigenvalue weighted by Gasteiger charge is 2.20. The molecule has 2 amide bonds. The second kappa shape index (κ2) is 6.20. The summed E-state index contributed by atoms with van der Waals surface area (Å²) >= 11 is 3.54. The standard InChI is InChI=1S/C13H18BrN3O/c14-12-4-2-1-3-10(12)9-16-11-5-7-17(8-6-11)13(15)18/h1-4,11,16H,5-9H2,(H2,15,18). The minimum atomic E-state index is -0.306. The van der Waals surface area contributed by atoms with Gasteiger partial charge in [-0.15, -0.1) is 0 Å². The van der Waals surface area contributed by atoms with Crippen molar-refractivity contribution in [2.45, 2.75) is 25.4 Å². The SMILES string of the molecule is NC(=O)N1CCC(NCc2ccccc2Br)CC1. The second-order valence-corrected chi connectivity index (χ2v) is 5.43. The summed E-state index contributed by atoms with van der Waals surface area (Å²) < 4.78 is 1.13. The number of nitrogens with two attached hydrogens (primary N) is 1. The Kier molecular flexibility index (Phi) is 4.60. The number of hydrogen-bond donors (Lipinski definition) is 2. The molecule has 1 heterocycles. The number of amides is 2. The third-order valence-corrected chi connectivity index (χ3v) is 4.12. The summed E-state index contributed by atoms with van der Waals surface area (Å²) in [6, 6.07) is 8.37. The zero-order valence-electron chi connectivity index (χ0n) is 10.2. The van der Waals surface area contributed by atoms with Gasteiger partial charge in [-0.1, -0.05) is 34.1 Å². The first-order valence-corrected chi connectivity index (χ1v) is 6.97. The predicted molar refractivity (Wildman–Crippen MR) is 75.2 cm³/mol. The molecule has 1 aliphatic heterocycles. The summed E-state index contributed by atoms with van der Waals surface area (Å²) in [5, 5.41) is 3.53. The first-order chi connectivity index (χ1) is 8.66. The molecule has 3 N–H and O–H groups in total. The van der Waals surface area contributed by atoms with Crippen LogP contribution in [-0.2, 0) is 6.54 Å². The molecule has 0 aliphatic carbocycles. The number of carbonyl (C=O) groups excluding carboxylic acids is 1. The third-order valence-electron chi connectivity index (χ3n) is 3.35. The van der Waals surface area contributed by atoms with E-state index >= 15 is 0 Å². The Morgan fingerprint density at radius 2 is 2.06 bits per heavy atom. The van der Waals surface area contributed by atoms with Gasteiger partial charge < -0.3 is 16.0 Å². The molecular formula is C13H18BrN3O. The number of nitrogens with zero attached hydrogens (tertiary/aromatic N) is 1. The van der Waals surface area contributed by atoms with E-state index in [0.29, 0.717) is 6.04 Å². The van der Waals surface area contributed by atoms with Crippen LogP contribution in [0.2, 0.25) is 0 Å². The Morgan fingerprint density at radius 3 is 2.67 bits per heavy atom. The maximum atomic E-state index is 11.0. The largest absolute Gasteiger partial charge is 0.351 e. The molecular weight excluding hydrogens is 294 g/mol. The van der Waals surface area contributed by atoms with Crippen molar-refractivity contribution < 1.29 is 4.79 Å². The van der Waals surface area contributed by atoms with Gasteiger partial charge in [0.25, 0.3) is 0 Å². The Bertz CT molecular complexity index is 416. The van der Waals surface area contributed by atoms with Crippen LogP contribution in [0.5, 0.6) is 0 Å². The summed E-state index contributed by atoms with van der Waals surface area (Å²) in [6.45, 7) is 2.36. The highest BCUT2D eigenvalue weighted by Crippen LogP contribution is 2.17. The van der Waals surface area contributed by atoms with E-state index in [1.165, 1.54) is 5.56 Å². The van der Waals surface area contributed by atoms with E-state index in [4.69, 9.17) is 5.73 Å². The molecule has 0 saturated carbocycles. The number of hydrogen-bond acceptors (Lipinski definition) is 2. The maximum absolute atomic E-state index is 11.0. The van der Waals surface area contributed by atoms with Gasteiger partial charge in [0.2, 0.25) is 0 Å². The zero-order valence-corrected chi connectivity index (χ0v) is 11.8. The lowest BCUT2D eigenvalue weighted by Gasteiger charge is -2.31. The minimum Gasteiger partial charge on any atom is -0.351 e. The van der Waals surface area contributed by atoms with Gasteiger partial charge in [-0.3, -0.25) is 0 Å². The van der Waals surface area contributed by atoms with Gasteiger partial charge in [0, 0.05) is 30.1 Å². The number of likely N-dealkylation sites (tertiary alicyclic amines) is 1. The highest BCUT2D eigenvalue weighted by molar-refractivity contribution is 9.10. The molecule has 0 aromatic heterocycles. The van der Waals surface area contributed by atoms with Crippen molar-refractivity contribution in [1.82, 2.24) is 10.2 Å². The molecule has 98 valence electrons. The Labute approximate surface area is 116 Å². The molecule has 1 fully saturated rings. The fraction of sp³-hybridized carbons (Fsp3) is 0.462. The van der Waals surface area contributed by atoms with E-state index in [2.05, 4.69) is 27.3 Å². The molecule has 4 nitrogen and oxygen atoms in total. The van der Waals surface area contributed by atoms with E-state index in [0.717, 1.165) is 36.9 Å². The van der Waals surface area contributed by atoms with Crippen LogP contribution in [0.4, 0.5) is 4.79 Å². The van der Waals surface area contributed by atoms with Crippen LogP contribution in [0.15, 0.2) is 28.7 Å². The van der Waals surface area contributed by atoms with Crippen LogP contribution in [0, 0.1) is 0 Å². The van der Waals surface area contributed by atoms with Crippen LogP contribution in [0.1, 0.15) is 18.4 Å². The van der Waals surface area contributed by atoms with Gasteiger partial charge in [0.05, 0.1) is 0 Å². The van der Waals surface area contributed by atoms with Crippen molar-refractivity contribution in [3.05, 3.63) is 34.3 Å². The van der Waals surface area contributed by atoms with Gasteiger partial charge in [-0.05, 0) is 24.5 Å². The third kappa shape index (κ3) is 3.46. The molecule has 1 aromatic rings. The lowest BCUT2D eigenvalue weighted by molar-refractivity contribution is 0.185. The normalized spacial score (nSPS) is 16.8. The summed E-state index contributed by atoms with van der Waals surface area (Å²) in [4.78, 5) is 12.7. The number of nitrogens with one attached hydrogen (secondary N) is 1. The maximum Gasteiger partial charge on any atom is 0.314 e. The predicted octanol–water partition coefficient (Wildman–Crippen LogP) is 2.08. The number of urea groups is 1. The molecule has 1 aliphatic rings. The van der Waals surface area contributed by atoms with Crippen molar-refractivity contribution in [1.29, 1.82) is 0 Å². The van der Waals surface area contributed by atoms with Gasteiger partial charge >= 0.3 is 6.03 Å². The van der Waals surface area contributed by atoms with Crippen LogP contribution in [-0.4, -0.2) is 30.1 Å². The average Bonchev–Trinajstić information content (AvgIpc) is 2.38. The van der Waals surface area contributed by atoms with Gasteiger partial charge in [-0.2, -0.15) is 0 Å². The number of primary amides is 1. The summed E-state index contributed by atoms with van der Waals surface area (Å²) in [7, 11) is 0. The lowest BCUT2D eigenvalue weighted by atomic mass is 10.0. The van der Waals surface area contributed by atoms with Crippen molar-refractivity contribution in [3.63, 3.8) is 0 Å². The van der Waals surface area contributed by atoms with E-state index < -0.39 is 0 Å². The highest BCUT2D eigenvalue weighted by atomic mass is 79.9. The summed E-state index contributed by atoms with van der Waals surface area (Å²) in [6.07, 6.45) is 1.93. The van der Waals surface area contributed by atoms with Gasteiger partial charge in [-0.25, -0.2) is 4.79 Å². The molecule has 0 radical (unpaired) electrons. The monoisotopic (exact) mass is 311 g/mol. The molecule has 0 atom stereocenters. The number of benzene rings is 1. The van der Waals surface area contributed by atoms with E-state index in [1.807, 2.05) is 18.2 Å². The van der Waals surface area contributed by atoms with Crippen LogP contribution >= 0.6 is 15.9 Å². The molecule has 0 bridgehead atoms. The molecule has 0 unspecified atom stereocenters. The molecule has 18 heavy (non-hydrogen) atoms. The average molecular weight is 312 g/mol. The summed E-state index contributed by atoms with van der Waals surface area (Å²) in [5.74, 6) is 0. The Morgan fingerprint density at radius 1 is 1.39 bits per heavy atom. The van der Waals surface area contributed by atoms with Crippen molar-refractivity contribution in [2.75, 3.05) is 13.1 Å². The second-order valence-electron chi connectivity index (χ2n) is 4.57. The van der Waals surface area contributed by atoms with Crippen molar-refractivity contribution in [2.24, 2.45) is 5.73 Å². The Hall–Kier alpha value is -1.07. The van der Waals surface area contributed by atoms with Crippen LogP contribution in [0.25, 0.3) is 0 Å². The van der Waals surface area contributed by atoms with Crippen molar-refractivity contribution in [3.8, 4) is 0 Å². The first kappa shape index (κ1) is 13.4. The van der Waals surface area contributed by atoms with Crippen LogP contribution < -0.4 is 11.1 Å². The first-order valence-electron chi connectivity index (χ1n) is 6.18. The topological polar surface area (TPSA) is 58.4 Å². The van der Waals surface area contributed by atoms with Gasteiger partial charge in [0.15, 0.2) is 0 Å². The molecule has 1 saturated heterocycles. The number of halogens is 1. The molecule has 5 heteroatoms. The molecule has 1 aromatic carbocycles. The summed E-state index contributed by atoms with van der Waals surface area (Å²) in [5.41, 5.74) is 6.52. The fourth-order valence-electron chi connectivity index (χ4n) is 2.20. The van der Waals surface area contributed by atoms with Crippen molar-refractivity contribution >= 4 is 22.0 Å². The van der Waals surface area contributed by atoms with E-state index in [9.17, 15) is 4.79 Å². The smallest absolute Gasteiger partial charge is 0.314 e. The zero-order chi connectivity index (χ0) is 13.0. The molecule has 2 rings (SSSR count). The number of rotatable bonds is 3. The van der Waals surface area contributed by atoms with E-state index in [-0.39, 0.29) is 6.03 Å². The number of carbonyl (C=O) groups is 1. The van der Waals surface area contributed by atoms with Gasteiger partial charge in [0.1, 0.15) is 0 Å².